The van der Waals surface area contributed by atoms with Crippen molar-refractivity contribution in [3.63, 3.8) is 0 Å². The van der Waals surface area contributed by atoms with E-state index in [1.807, 2.05) is 13.8 Å². The number of carbonyl (C=O) groups excluding carboxylic acids is 2. The number of hydrogen-bond donors (Lipinski definition) is 2. The largest absolute Gasteiger partial charge is 0.465 e. The number of nitrogen functional groups attached to an aromatic ring is 1. The van der Waals surface area contributed by atoms with E-state index >= 15 is 0 Å². The van der Waals surface area contributed by atoms with Crippen molar-refractivity contribution in [1.29, 1.82) is 0 Å². The van der Waals surface area contributed by atoms with Gasteiger partial charge in [0.1, 0.15) is 5.00 Å². The number of esters is 1. The minimum absolute atomic E-state index is 0.290. The number of nitrogens with two attached hydrogens (primary N) is 1. The Hall–Kier alpha value is -2.34. The van der Waals surface area contributed by atoms with Gasteiger partial charge in [-0.2, -0.15) is 0 Å². The second-order valence-corrected chi connectivity index (χ2v) is 5.78. The number of carbonyl (C=O) groups is 2. The fourth-order valence-corrected chi connectivity index (χ4v) is 2.92. The molecule has 0 radical (unpaired) electrons. The Labute approximate surface area is 126 Å². The van der Waals surface area contributed by atoms with Crippen LogP contribution in [0.2, 0.25) is 0 Å². The number of thiophene rings is 1. The standard InChI is InChI=1S/C15H16N2O3S/c1-8-9(2)21-14(12(8)15(19)20-3)17-13(18)10-4-6-11(16)7-5-10/h4-7H,16H2,1-3H3,(H,17,18). The quantitative estimate of drug-likeness (QED) is 0.674. The van der Waals surface area contributed by atoms with Crippen LogP contribution in [-0.4, -0.2) is 19.0 Å². The van der Waals surface area contributed by atoms with Gasteiger partial charge in [0.25, 0.3) is 5.91 Å². The van der Waals surface area contributed by atoms with Gasteiger partial charge in [-0.25, -0.2) is 4.79 Å². The maximum Gasteiger partial charge on any atom is 0.341 e. The number of anilines is 2. The molecule has 0 spiro atoms. The minimum atomic E-state index is -0.454. The van der Waals surface area contributed by atoms with Gasteiger partial charge in [0.15, 0.2) is 0 Å². The Morgan fingerprint density at radius 3 is 2.38 bits per heavy atom. The monoisotopic (exact) mass is 304 g/mol. The van der Waals surface area contributed by atoms with Crippen molar-refractivity contribution in [2.24, 2.45) is 0 Å². The second kappa shape index (κ2) is 5.97. The van der Waals surface area contributed by atoms with E-state index in [0.717, 1.165) is 10.4 Å². The molecule has 0 saturated carbocycles. The fourth-order valence-electron chi connectivity index (χ4n) is 1.87. The van der Waals surface area contributed by atoms with Crippen LogP contribution >= 0.6 is 11.3 Å². The molecule has 1 aromatic carbocycles. The summed E-state index contributed by atoms with van der Waals surface area (Å²) in [5, 5.41) is 3.26. The smallest absolute Gasteiger partial charge is 0.341 e. The zero-order valence-corrected chi connectivity index (χ0v) is 12.8. The predicted molar refractivity (Wildman–Crippen MR) is 83.9 cm³/mol. The topological polar surface area (TPSA) is 81.4 Å². The first-order valence-corrected chi connectivity index (χ1v) is 7.11. The van der Waals surface area contributed by atoms with Gasteiger partial charge in [-0.05, 0) is 43.7 Å². The molecule has 1 amide bonds. The summed E-state index contributed by atoms with van der Waals surface area (Å²) in [6.07, 6.45) is 0. The van der Waals surface area contributed by atoms with E-state index in [1.54, 1.807) is 24.3 Å². The second-order valence-electron chi connectivity index (χ2n) is 4.56. The maximum atomic E-state index is 12.2. The number of benzene rings is 1. The van der Waals surface area contributed by atoms with Gasteiger partial charge in [-0.15, -0.1) is 11.3 Å². The van der Waals surface area contributed by atoms with Gasteiger partial charge in [0.05, 0.1) is 12.7 Å². The van der Waals surface area contributed by atoms with Crippen molar-refractivity contribution in [3.05, 3.63) is 45.8 Å². The third-order valence-corrected chi connectivity index (χ3v) is 4.30. The summed E-state index contributed by atoms with van der Waals surface area (Å²) in [6, 6.07) is 6.58. The zero-order valence-electron chi connectivity index (χ0n) is 12.0. The lowest BCUT2D eigenvalue weighted by Gasteiger charge is -2.06. The van der Waals surface area contributed by atoms with Crippen LogP contribution in [0.3, 0.4) is 0 Å². The van der Waals surface area contributed by atoms with Gasteiger partial charge in [0.2, 0.25) is 0 Å². The summed E-state index contributed by atoms with van der Waals surface area (Å²) >= 11 is 1.35. The van der Waals surface area contributed by atoms with E-state index in [9.17, 15) is 9.59 Å². The van der Waals surface area contributed by atoms with Crippen LogP contribution in [0.1, 0.15) is 31.2 Å². The average molecular weight is 304 g/mol. The van der Waals surface area contributed by atoms with Crippen molar-refractivity contribution >= 4 is 33.9 Å². The van der Waals surface area contributed by atoms with E-state index in [0.29, 0.717) is 21.8 Å². The van der Waals surface area contributed by atoms with Crippen molar-refractivity contribution in [1.82, 2.24) is 0 Å². The van der Waals surface area contributed by atoms with Crippen molar-refractivity contribution in [2.45, 2.75) is 13.8 Å². The summed E-state index contributed by atoms with van der Waals surface area (Å²) in [5.74, 6) is -0.745. The van der Waals surface area contributed by atoms with Gasteiger partial charge >= 0.3 is 5.97 Å². The number of nitrogens with one attached hydrogen (secondary N) is 1. The molecule has 0 atom stereocenters. The third-order valence-electron chi connectivity index (χ3n) is 3.17. The van der Waals surface area contributed by atoms with Gasteiger partial charge in [-0.1, -0.05) is 0 Å². The molecule has 1 aromatic heterocycles. The number of hydrogen-bond acceptors (Lipinski definition) is 5. The molecule has 21 heavy (non-hydrogen) atoms. The first-order valence-electron chi connectivity index (χ1n) is 6.29. The van der Waals surface area contributed by atoms with Crippen LogP contribution in [0, 0.1) is 13.8 Å². The highest BCUT2D eigenvalue weighted by atomic mass is 32.1. The lowest BCUT2D eigenvalue weighted by molar-refractivity contribution is 0.0601. The number of rotatable bonds is 3. The molecular weight excluding hydrogens is 288 g/mol. The van der Waals surface area contributed by atoms with Crippen molar-refractivity contribution < 1.29 is 14.3 Å². The molecule has 0 saturated heterocycles. The van der Waals surface area contributed by atoms with Gasteiger partial charge in [-0.3, -0.25) is 4.79 Å². The van der Waals surface area contributed by atoms with Crippen LogP contribution in [0.4, 0.5) is 10.7 Å². The van der Waals surface area contributed by atoms with E-state index in [1.165, 1.54) is 18.4 Å². The summed E-state index contributed by atoms with van der Waals surface area (Å²) in [4.78, 5) is 25.0. The molecule has 110 valence electrons. The molecule has 5 nitrogen and oxygen atoms in total. The average Bonchev–Trinajstić information content (AvgIpc) is 2.73. The molecule has 0 aliphatic heterocycles. The van der Waals surface area contributed by atoms with Crippen molar-refractivity contribution in [3.8, 4) is 0 Å². The zero-order chi connectivity index (χ0) is 15.6. The first-order chi connectivity index (χ1) is 9.93. The normalized spacial score (nSPS) is 10.2. The summed E-state index contributed by atoms with van der Waals surface area (Å²) in [6.45, 7) is 3.72. The van der Waals surface area contributed by atoms with Crippen LogP contribution in [0.25, 0.3) is 0 Å². The molecule has 0 fully saturated rings. The molecule has 6 heteroatoms. The predicted octanol–water partition coefficient (Wildman–Crippen LogP) is 2.99. The highest BCUT2D eigenvalue weighted by molar-refractivity contribution is 7.16. The van der Waals surface area contributed by atoms with Crippen LogP contribution in [0.5, 0.6) is 0 Å². The maximum absolute atomic E-state index is 12.2. The molecule has 0 aliphatic rings. The van der Waals surface area contributed by atoms with Crippen LogP contribution in [-0.2, 0) is 4.74 Å². The van der Waals surface area contributed by atoms with E-state index in [4.69, 9.17) is 10.5 Å². The molecule has 0 bridgehead atoms. The first kappa shape index (κ1) is 15.1. The molecular formula is C15H16N2O3S. The fraction of sp³-hybridized carbons (Fsp3) is 0.200. The lowest BCUT2D eigenvalue weighted by Crippen LogP contribution is -2.14. The summed E-state index contributed by atoms with van der Waals surface area (Å²) in [5.41, 5.74) is 7.88. The number of ether oxygens (including phenoxy) is 1. The van der Waals surface area contributed by atoms with Crippen molar-refractivity contribution in [2.75, 3.05) is 18.2 Å². The van der Waals surface area contributed by atoms with Crippen LogP contribution in [0.15, 0.2) is 24.3 Å². The Balaban J connectivity index is 2.31. The summed E-state index contributed by atoms with van der Waals surface area (Å²) in [7, 11) is 1.32. The van der Waals surface area contributed by atoms with Gasteiger partial charge in [0, 0.05) is 16.1 Å². The van der Waals surface area contributed by atoms with Crippen LogP contribution < -0.4 is 11.1 Å². The number of aryl methyl sites for hydroxylation is 1. The van der Waals surface area contributed by atoms with E-state index < -0.39 is 5.97 Å². The molecule has 0 aliphatic carbocycles. The Morgan fingerprint density at radius 1 is 1.19 bits per heavy atom. The van der Waals surface area contributed by atoms with E-state index in [2.05, 4.69) is 5.32 Å². The SMILES string of the molecule is COC(=O)c1c(NC(=O)c2ccc(N)cc2)sc(C)c1C. The molecule has 3 N–H and O–H groups in total. The Morgan fingerprint density at radius 2 is 1.81 bits per heavy atom. The minimum Gasteiger partial charge on any atom is -0.465 e. The Kier molecular flexibility index (Phi) is 4.28. The van der Waals surface area contributed by atoms with E-state index in [-0.39, 0.29) is 5.91 Å². The molecule has 2 rings (SSSR count). The highest BCUT2D eigenvalue weighted by Crippen LogP contribution is 2.33. The molecule has 1 heterocycles. The number of amides is 1. The lowest BCUT2D eigenvalue weighted by atomic mass is 10.1. The molecule has 2 aromatic rings. The summed E-state index contributed by atoms with van der Waals surface area (Å²) < 4.78 is 4.77. The van der Waals surface area contributed by atoms with Gasteiger partial charge < -0.3 is 15.8 Å². The number of methoxy groups -OCH3 is 1. The highest BCUT2D eigenvalue weighted by Gasteiger charge is 2.21. The Bertz CT molecular complexity index is 690. The third kappa shape index (κ3) is 3.05. The molecule has 0 unspecified atom stereocenters.